The van der Waals surface area contributed by atoms with E-state index in [0.717, 1.165) is 16.5 Å². The van der Waals surface area contributed by atoms with Gasteiger partial charge in [-0.3, -0.25) is 9.36 Å². The van der Waals surface area contributed by atoms with Crippen LogP contribution in [0.15, 0.2) is 54.0 Å². The minimum absolute atomic E-state index is 0.181. The molecule has 0 aliphatic carbocycles. The molecule has 102 valence electrons. The van der Waals surface area contributed by atoms with E-state index in [4.69, 9.17) is 0 Å². The molecule has 0 saturated heterocycles. The van der Waals surface area contributed by atoms with E-state index in [-0.39, 0.29) is 5.56 Å². The zero-order chi connectivity index (χ0) is 14.2. The Kier molecular flexibility index (Phi) is 2.53. The van der Waals surface area contributed by atoms with Crippen molar-refractivity contribution < 1.29 is 0 Å². The van der Waals surface area contributed by atoms with Crippen LogP contribution in [0.5, 0.6) is 0 Å². The fraction of sp³-hybridized carbons (Fsp3) is 0.0667. The number of benzene rings is 1. The monoisotopic (exact) mass is 277 g/mol. The molecule has 21 heavy (non-hydrogen) atoms. The van der Waals surface area contributed by atoms with Crippen molar-refractivity contribution in [3.05, 3.63) is 65.1 Å². The summed E-state index contributed by atoms with van der Waals surface area (Å²) in [5, 5.41) is 1.15. The van der Waals surface area contributed by atoms with Gasteiger partial charge in [-0.25, -0.2) is 15.0 Å². The molecule has 3 heterocycles. The van der Waals surface area contributed by atoms with Crippen molar-refractivity contribution >= 4 is 22.1 Å². The molecule has 1 aromatic carbocycles. The number of H-pyrrole nitrogens is 1. The Morgan fingerprint density at radius 2 is 2.00 bits per heavy atom. The van der Waals surface area contributed by atoms with Crippen molar-refractivity contribution in [1.29, 1.82) is 0 Å². The first-order chi connectivity index (χ1) is 10.3. The molecule has 0 radical (unpaired) electrons. The molecular weight excluding hydrogens is 266 g/mol. The van der Waals surface area contributed by atoms with E-state index in [1.165, 1.54) is 18.7 Å². The summed E-state index contributed by atoms with van der Waals surface area (Å²) in [6.45, 7) is 0.452. The average molecular weight is 277 g/mol. The van der Waals surface area contributed by atoms with Gasteiger partial charge in [0, 0.05) is 24.1 Å². The number of aromatic nitrogens is 5. The summed E-state index contributed by atoms with van der Waals surface area (Å²) >= 11 is 0. The molecule has 1 N–H and O–H groups in total. The molecule has 0 aliphatic heterocycles. The second kappa shape index (κ2) is 4.52. The first kappa shape index (κ1) is 11.8. The highest BCUT2D eigenvalue weighted by molar-refractivity contribution is 5.79. The molecule has 0 atom stereocenters. The number of hydrogen-bond acceptors (Lipinski definition) is 4. The fourth-order valence-electron chi connectivity index (χ4n) is 2.39. The van der Waals surface area contributed by atoms with Crippen LogP contribution in [-0.2, 0) is 6.54 Å². The topological polar surface area (TPSA) is 76.5 Å². The Bertz CT molecular complexity index is 1000. The molecule has 4 aromatic rings. The number of nitrogens with one attached hydrogen (secondary N) is 1. The van der Waals surface area contributed by atoms with Crippen LogP contribution in [0.4, 0.5) is 0 Å². The Hall–Kier alpha value is -3.02. The van der Waals surface area contributed by atoms with Gasteiger partial charge < -0.3 is 4.98 Å². The van der Waals surface area contributed by atoms with Crippen LogP contribution in [0.25, 0.3) is 22.1 Å². The minimum atomic E-state index is -0.181. The quantitative estimate of drug-likeness (QED) is 0.605. The van der Waals surface area contributed by atoms with Crippen LogP contribution >= 0.6 is 0 Å². The smallest absolute Gasteiger partial charge is 0.281 e. The van der Waals surface area contributed by atoms with Crippen molar-refractivity contribution in [2.45, 2.75) is 6.54 Å². The summed E-state index contributed by atoms with van der Waals surface area (Å²) in [6, 6.07) is 8.07. The third-order valence-corrected chi connectivity index (χ3v) is 3.43. The fourth-order valence-corrected chi connectivity index (χ4v) is 2.39. The molecule has 0 spiro atoms. The summed E-state index contributed by atoms with van der Waals surface area (Å²) in [5.74, 6) is 0. The lowest BCUT2D eigenvalue weighted by atomic mass is 10.1. The van der Waals surface area contributed by atoms with Gasteiger partial charge in [0.15, 0.2) is 11.2 Å². The largest absolute Gasteiger partial charge is 0.361 e. The number of aromatic amines is 1. The van der Waals surface area contributed by atoms with Gasteiger partial charge in [0.1, 0.15) is 6.33 Å². The Morgan fingerprint density at radius 1 is 1.10 bits per heavy atom. The zero-order valence-corrected chi connectivity index (χ0v) is 11.0. The maximum Gasteiger partial charge on any atom is 0.281 e. The molecule has 0 aliphatic rings. The SMILES string of the molecule is O=c1c2nccnc2ncn1Cc1ccc2cc[nH]c2c1. The Balaban J connectivity index is 1.79. The first-order valence-corrected chi connectivity index (χ1v) is 6.53. The highest BCUT2D eigenvalue weighted by Gasteiger charge is 2.06. The third kappa shape index (κ3) is 1.97. The third-order valence-electron chi connectivity index (χ3n) is 3.43. The van der Waals surface area contributed by atoms with E-state index in [2.05, 4.69) is 19.9 Å². The van der Waals surface area contributed by atoms with Gasteiger partial charge in [0.25, 0.3) is 5.56 Å². The summed E-state index contributed by atoms with van der Waals surface area (Å²) in [5.41, 5.74) is 2.56. The molecule has 3 aromatic heterocycles. The van der Waals surface area contributed by atoms with Crippen LogP contribution in [0.1, 0.15) is 5.56 Å². The minimum Gasteiger partial charge on any atom is -0.361 e. The van der Waals surface area contributed by atoms with Crippen molar-refractivity contribution in [3.8, 4) is 0 Å². The van der Waals surface area contributed by atoms with E-state index in [9.17, 15) is 4.79 Å². The molecule has 0 saturated carbocycles. The number of nitrogens with zero attached hydrogens (tertiary/aromatic N) is 4. The molecule has 0 amide bonds. The molecule has 6 heteroatoms. The highest BCUT2D eigenvalue weighted by Crippen LogP contribution is 2.14. The van der Waals surface area contributed by atoms with E-state index >= 15 is 0 Å². The number of rotatable bonds is 2. The van der Waals surface area contributed by atoms with E-state index in [0.29, 0.717) is 17.7 Å². The van der Waals surface area contributed by atoms with Gasteiger partial charge in [-0.15, -0.1) is 0 Å². The number of fused-ring (bicyclic) bond motifs is 2. The Labute approximate surface area is 119 Å². The van der Waals surface area contributed by atoms with Crippen LogP contribution < -0.4 is 5.56 Å². The zero-order valence-electron chi connectivity index (χ0n) is 11.0. The van der Waals surface area contributed by atoms with Crippen LogP contribution in [-0.4, -0.2) is 24.5 Å². The predicted octanol–water partition coefficient (Wildman–Crippen LogP) is 1.72. The lowest BCUT2D eigenvalue weighted by Crippen LogP contribution is -2.22. The second-order valence-corrected chi connectivity index (χ2v) is 4.81. The highest BCUT2D eigenvalue weighted by atomic mass is 16.1. The van der Waals surface area contributed by atoms with Crippen LogP contribution in [0.2, 0.25) is 0 Å². The van der Waals surface area contributed by atoms with Crippen molar-refractivity contribution in [1.82, 2.24) is 24.5 Å². The lowest BCUT2D eigenvalue weighted by Gasteiger charge is -2.06. The summed E-state index contributed by atoms with van der Waals surface area (Å²) in [4.78, 5) is 27.8. The molecule has 0 bridgehead atoms. The predicted molar refractivity (Wildman–Crippen MR) is 79.0 cm³/mol. The Morgan fingerprint density at radius 3 is 2.95 bits per heavy atom. The maximum absolute atomic E-state index is 12.4. The second-order valence-electron chi connectivity index (χ2n) is 4.81. The van der Waals surface area contributed by atoms with Crippen molar-refractivity contribution in [2.24, 2.45) is 0 Å². The van der Waals surface area contributed by atoms with Crippen LogP contribution in [0, 0.1) is 0 Å². The number of hydrogen-bond donors (Lipinski definition) is 1. The summed E-state index contributed by atoms with van der Waals surface area (Å²) in [6.07, 6.45) is 6.44. The lowest BCUT2D eigenvalue weighted by molar-refractivity contribution is 0.744. The van der Waals surface area contributed by atoms with E-state index in [1.807, 2.05) is 30.5 Å². The van der Waals surface area contributed by atoms with E-state index < -0.39 is 0 Å². The van der Waals surface area contributed by atoms with Gasteiger partial charge >= 0.3 is 0 Å². The normalized spacial score (nSPS) is 11.2. The maximum atomic E-state index is 12.4. The van der Waals surface area contributed by atoms with Gasteiger partial charge in [-0.05, 0) is 23.1 Å². The van der Waals surface area contributed by atoms with Gasteiger partial charge in [0.05, 0.1) is 6.54 Å². The van der Waals surface area contributed by atoms with Gasteiger partial charge in [-0.2, -0.15) is 0 Å². The molecule has 6 nitrogen and oxygen atoms in total. The van der Waals surface area contributed by atoms with Crippen molar-refractivity contribution in [3.63, 3.8) is 0 Å². The molecule has 4 rings (SSSR count). The first-order valence-electron chi connectivity index (χ1n) is 6.53. The van der Waals surface area contributed by atoms with Gasteiger partial charge in [-0.1, -0.05) is 12.1 Å². The molecular formula is C15H11N5O. The summed E-state index contributed by atoms with van der Waals surface area (Å²) in [7, 11) is 0. The summed E-state index contributed by atoms with van der Waals surface area (Å²) < 4.78 is 1.54. The molecule has 0 fully saturated rings. The molecule has 0 unspecified atom stereocenters. The standard InChI is InChI=1S/C15H11N5O/c21-15-13-14(18-6-5-17-13)19-9-20(15)8-10-1-2-11-3-4-16-12(11)7-10/h1-7,9,16H,8H2. The average Bonchev–Trinajstić information content (AvgIpc) is 2.98. The van der Waals surface area contributed by atoms with E-state index in [1.54, 1.807) is 4.57 Å². The van der Waals surface area contributed by atoms with Gasteiger partial charge in [0.2, 0.25) is 0 Å². The van der Waals surface area contributed by atoms with Crippen LogP contribution in [0.3, 0.4) is 0 Å². The van der Waals surface area contributed by atoms with Crippen molar-refractivity contribution in [2.75, 3.05) is 0 Å².